The van der Waals surface area contributed by atoms with Crippen LogP contribution in [0.1, 0.15) is 77.6 Å². The molecule has 0 spiro atoms. The minimum atomic E-state index is -5.03. The Morgan fingerprint density at radius 3 is 1.64 bits per heavy atom. The maximum absolute atomic E-state index is 12.0. The van der Waals surface area contributed by atoms with E-state index in [9.17, 15) is 22.9 Å². The fourth-order valence-corrected chi connectivity index (χ4v) is 4.62. The number of nitrogens with zero attached hydrogens (tertiary/aromatic N) is 2. The third-order valence-corrected chi connectivity index (χ3v) is 6.49. The fourth-order valence-electron chi connectivity index (χ4n) is 3.44. The number of rotatable bonds is 17. The molecule has 0 aliphatic carbocycles. The first-order valence-electron chi connectivity index (χ1n) is 10.3. The van der Waals surface area contributed by atoms with Crippen LogP contribution in [0.5, 0.6) is 0 Å². The van der Waals surface area contributed by atoms with Crippen LogP contribution in [0.4, 0.5) is 0 Å². The van der Waals surface area contributed by atoms with E-state index in [2.05, 4.69) is 6.92 Å². The van der Waals surface area contributed by atoms with E-state index >= 15 is 0 Å². The zero-order valence-electron chi connectivity index (χ0n) is 18.3. The van der Waals surface area contributed by atoms with Crippen molar-refractivity contribution in [2.45, 2.75) is 82.6 Å². The first kappa shape index (κ1) is 27.3. The van der Waals surface area contributed by atoms with Gasteiger partial charge in [-0.05, 0) is 12.8 Å². The summed E-state index contributed by atoms with van der Waals surface area (Å²) in [4.78, 5) is 17.0. The number of hydrogen-bond donors (Lipinski definition) is 2. The fraction of sp³-hybridized carbons (Fsp3) is 0.947. The number of carboxylic acids is 1. The molecule has 0 heterocycles. The molecule has 0 amide bonds. The highest BCUT2D eigenvalue weighted by molar-refractivity contribution is 7.87. The zero-order chi connectivity index (χ0) is 21.8. The molecule has 0 fully saturated rings. The van der Waals surface area contributed by atoms with Gasteiger partial charge in [0.15, 0.2) is 0 Å². The van der Waals surface area contributed by atoms with Gasteiger partial charge in [0.1, 0.15) is 0 Å². The molecule has 0 radical (unpaired) electrons. The Morgan fingerprint density at radius 1 is 0.929 bits per heavy atom. The van der Waals surface area contributed by atoms with Crippen LogP contribution in [0.15, 0.2) is 0 Å². The van der Waals surface area contributed by atoms with Gasteiger partial charge in [0.2, 0.25) is 0 Å². The van der Waals surface area contributed by atoms with E-state index in [1.54, 1.807) is 0 Å². The van der Waals surface area contributed by atoms with Crippen LogP contribution in [-0.2, 0) is 19.8 Å². The van der Waals surface area contributed by atoms with E-state index in [0.717, 1.165) is 24.3 Å². The number of quaternary nitrogens is 1. The van der Waals surface area contributed by atoms with E-state index < -0.39 is 25.6 Å². The van der Waals surface area contributed by atoms with Crippen molar-refractivity contribution < 1.29 is 32.2 Å². The van der Waals surface area contributed by atoms with E-state index in [0.29, 0.717) is 6.42 Å². The van der Waals surface area contributed by atoms with Crippen LogP contribution >= 0.6 is 0 Å². The van der Waals surface area contributed by atoms with Gasteiger partial charge in [-0.15, -0.1) is 0 Å². The summed E-state index contributed by atoms with van der Waals surface area (Å²) in [6.45, 7) is 2.46. The summed E-state index contributed by atoms with van der Waals surface area (Å²) >= 11 is 0. The van der Waals surface area contributed by atoms with Crippen molar-refractivity contribution in [1.82, 2.24) is 5.06 Å². The number of likely N-dealkylation sites (N-methyl/N-ethyl adjacent to an activating group) is 1. The summed E-state index contributed by atoms with van der Waals surface area (Å²) in [5, 5.41) is 7.81. The maximum Gasteiger partial charge on any atom is 0.446 e. The second kappa shape index (κ2) is 12.7. The highest BCUT2D eigenvalue weighted by atomic mass is 32.2. The monoisotopic (exact) mass is 425 g/mol. The lowest BCUT2D eigenvalue weighted by molar-refractivity contribution is -0.945. The third-order valence-electron chi connectivity index (χ3n) is 5.04. The van der Waals surface area contributed by atoms with Crippen molar-refractivity contribution in [2.24, 2.45) is 0 Å². The lowest BCUT2D eigenvalue weighted by atomic mass is 10.1. The van der Waals surface area contributed by atoms with E-state index in [-0.39, 0.29) is 6.54 Å². The van der Waals surface area contributed by atoms with Crippen LogP contribution in [-0.4, -0.2) is 73.4 Å². The van der Waals surface area contributed by atoms with Gasteiger partial charge in [-0.25, -0.2) is 9.63 Å². The predicted molar refractivity (Wildman–Crippen MR) is 110 cm³/mol. The Bertz CT molecular complexity index is 551. The first-order chi connectivity index (χ1) is 12.9. The summed E-state index contributed by atoms with van der Waals surface area (Å²) < 4.78 is 33.1. The Hall–Kier alpha value is -0.740. The second-order valence-corrected chi connectivity index (χ2v) is 9.71. The van der Waals surface area contributed by atoms with Crippen molar-refractivity contribution in [2.75, 3.05) is 34.7 Å². The smallest absolute Gasteiger partial charge is 0.446 e. The average Bonchev–Trinajstić information content (AvgIpc) is 2.55. The Morgan fingerprint density at radius 2 is 1.32 bits per heavy atom. The summed E-state index contributed by atoms with van der Waals surface area (Å²) in [6.07, 6.45) is 12.6. The number of aliphatic carboxylic acids is 1. The molecule has 0 saturated carbocycles. The van der Waals surface area contributed by atoms with Crippen molar-refractivity contribution in [3.63, 3.8) is 0 Å². The number of unbranched alkanes of at least 4 members (excludes halogenated alkanes) is 10. The summed E-state index contributed by atoms with van der Waals surface area (Å²) in [5.41, 5.74) is 0. The van der Waals surface area contributed by atoms with Crippen LogP contribution in [0.3, 0.4) is 0 Å². The third kappa shape index (κ3) is 8.32. The summed E-state index contributed by atoms with van der Waals surface area (Å²) in [7, 11) is 0.618. The zero-order valence-corrected chi connectivity index (χ0v) is 19.1. The normalized spacial score (nSPS) is 15.0. The molecule has 0 aliphatic rings. The molecule has 168 valence electrons. The maximum atomic E-state index is 12.0. The quantitative estimate of drug-likeness (QED) is 0.121. The van der Waals surface area contributed by atoms with Crippen LogP contribution < -0.4 is 0 Å². The van der Waals surface area contributed by atoms with Crippen LogP contribution in [0, 0.1) is 0 Å². The molecule has 1 atom stereocenters. The van der Waals surface area contributed by atoms with Crippen molar-refractivity contribution in [3.05, 3.63) is 0 Å². The molecule has 0 aromatic carbocycles. The van der Waals surface area contributed by atoms with Crippen molar-refractivity contribution in [3.8, 4) is 0 Å². The van der Waals surface area contributed by atoms with E-state index in [4.69, 9.17) is 4.84 Å². The van der Waals surface area contributed by atoms with Crippen molar-refractivity contribution in [1.29, 1.82) is 0 Å². The molecule has 0 rings (SSSR count). The molecular weight excluding hydrogens is 384 g/mol. The van der Waals surface area contributed by atoms with E-state index in [1.807, 2.05) is 0 Å². The molecule has 0 bridgehead atoms. The lowest BCUT2D eigenvalue weighted by Gasteiger charge is -2.42. The van der Waals surface area contributed by atoms with Gasteiger partial charge in [-0.3, -0.25) is 9.04 Å². The highest BCUT2D eigenvalue weighted by Crippen LogP contribution is 2.30. The number of carboxylic acid groups (broad SMARTS) is 1. The molecule has 8 nitrogen and oxygen atoms in total. The molecule has 0 aromatic heterocycles. The minimum Gasteiger partial charge on any atom is -0.474 e. The van der Waals surface area contributed by atoms with Crippen LogP contribution in [0.25, 0.3) is 0 Å². The van der Waals surface area contributed by atoms with Gasteiger partial charge in [0, 0.05) is 14.1 Å². The SMILES string of the molecule is CCCCCCCCCCCCC[N+](C)(C)C(ON(C)C)(C(=O)O)S(=O)(=O)O. The molecule has 9 heteroatoms. The molecule has 2 N–H and O–H groups in total. The number of hydrogen-bond acceptors (Lipinski definition) is 5. The van der Waals surface area contributed by atoms with Gasteiger partial charge in [-0.1, -0.05) is 64.7 Å². The highest BCUT2D eigenvalue weighted by Gasteiger charge is 2.66. The second-order valence-electron chi connectivity index (χ2n) is 8.21. The Labute approximate surface area is 171 Å². The molecule has 0 aromatic rings. The van der Waals surface area contributed by atoms with Gasteiger partial charge in [0.25, 0.3) is 0 Å². The van der Waals surface area contributed by atoms with E-state index in [1.165, 1.54) is 73.1 Å². The van der Waals surface area contributed by atoms with Gasteiger partial charge in [0.05, 0.1) is 20.6 Å². The molecular formula is C19H41N2O6S+. The first-order valence-corrected chi connectivity index (χ1v) is 11.8. The standard InChI is InChI=1S/C19H40N2O6S/c1-6-7-8-9-10-11-12-13-14-15-16-17-21(4,5)19(18(22)23,27-20(2)3)28(24,25)26/h6-17H2,1-5H3,(H-,22,23,24,25,26)/p+1. The Kier molecular flexibility index (Phi) is 12.4. The number of hydroxylamine groups is 2. The minimum absolute atomic E-state index is 0.247. The van der Waals surface area contributed by atoms with Gasteiger partial charge >= 0.3 is 21.1 Å². The molecule has 28 heavy (non-hydrogen) atoms. The lowest BCUT2D eigenvalue weighted by Crippen LogP contribution is -2.70. The topological polar surface area (TPSA) is 104 Å². The molecule has 1 unspecified atom stereocenters. The predicted octanol–water partition coefficient (Wildman–Crippen LogP) is 3.49. The number of carbonyl (C=O) groups is 1. The van der Waals surface area contributed by atoms with Gasteiger partial charge < -0.3 is 5.11 Å². The average molecular weight is 426 g/mol. The summed E-state index contributed by atoms with van der Waals surface area (Å²) in [5.74, 6) is -1.74. The summed E-state index contributed by atoms with van der Waals surface area (Å²) in [6, 6.07) is 0. The molecule has 0 saturated heterocycles. The van der Waals surface area contributed by atoms with Crippen molar-refractivity contribution >= 4 is 16.1 Å². The van der Waals surface area contributed by atoms with Gasteiger partial charge in [-0.2, -0.15) is 13.5 Å². The molecule has 0 aliphatic heterocycles. The van der Waals surface area contributed by atoms with Crippen LogP contribution in [0.2, 0.25) is 0 Å². The largest absolute Gasteiger partial charge is 0.474 e. The Balaban J connectivity index is 4.53.